The van der Waals surface area contributed by atoms with E-state index in [1.807, 2.05) is 18.2 Å². The van der Waals surface area contributed by atoms with Crippen molar-refractivity contribution in [2.75, 3.05) is 6.61 Å². The van der Waals surface area contributed by atoms with Crippen LogP contribution in [0.3, 0.4) is 0 Å². The van der Waals surface area contributed by atoms with E-state index in [2.05, 4.69) is 24.0 Å². The first kappa shape index (κ1) is 13.1. The van der Waals surface area contributed by atoms with Gasteiger partial charge in [-0.25, -0.2) is 0 Å². The van der Waals surface area contributed by atoms with Crippen LogP contribution >= 0.6 is 0 Å². The minimum atomic E-state index is -0.206. The van der Waals surface area contributed by atoms with Crippen molar-refractivity contribution in [3.05, 3.63) is 35.9 Å². The Morgan fingerprint density at radius 3 is 2.78 bits per heavy atom. The van der Waals surface area contributed by atoms with Gasteiger partial charge in [0.1, 0.15) is 0 Å². The van der Waals surface area contributed by atoms with Gasteiger partial charge in [0.2, 0.25) is 0 Å². The van der Waals surface area contributed by atoms with Gasteiger partial charge in [-0.1, -0.05) is 36.3 Å². The van der Waals surface area contributed by atoms with Crippen molar-refractivity contribution in [1.82, 2.24) is 0 Å². The van der Waals surface area contributed by atoms with Gasteiger partial charge < -0.3 is 9.84 Å². The van der Waals surface area contributed by atoms with Gasteiger partial charge in [-0.2, -0.15) is 0 Å². The van der Waals surface area contributed by atoms with Gasteiger partial charge in [-0.3, -0.25) is 0 Å². The molecule has 0 aliphatic heterocycles. The third-order valence-corrected chi connectivity index (χ3v) is 3.25. The molecule has 2 rings (SSSR count). The van der Waals surface area contributed by atoms with Gasteiger partial charge in [-0.15, -0.1) is 5.92 Å². The molecule has 2 heteroatoms. The number of rotatable bonds is 4. The van der Waals surface area contributed by atoms with E-state index in [9.17, 15) is 5.11 Å². The molecule has 1 aliphatic rings. The van der Waals surface area contributed by atoms with E-state index >= 15 is 0 Å². The lowest BCUT2D eigenvalue weighted by atomic mass is 10.1. The molecule has 1 aromatic carbocycles. The highest BCUT2D eigenvalue weighted by atomic mass is 16.5. The number of benzene rings is 1. The second kappa shape index (κ2) is 7.20. The number of aliphatic hydroxyl groups is 1. The van der Waals surface area contributed by atoms with Gasteiger partial charge in [0.25, 0.3) is 0 Å². The number of hydrogen-bond donors (Lipinski definition) is 1. The zero-order chi connectivity index (χ0) is 12.6. The lowest BCUT2D eigenvalue weighted by molar-refractivity contribution is 0.126. The fourth-order valence-electron chi connectivity index (χ4n) is 2.20. The largest absolute Gasteiger partial charge is 0.392 e. The highest BCUT2D eigenvalue weighted by molar-refractivity contribution is 5.13. The highest BCUT2D eigenvalue weighted by Gasteiger charge is 2.22. The fourth-order valence-corrected chi connectivity index (χ4v) is 2.20. The Hall–Kier alpha value is -1.30. The zero-order valence-corrected chi connectivity index (χ0v) is 10.6. The predicted octanol–water partition coefficient (Wildman–Crippen LogP) is 2.76. The first-order valence-electron chi connectivity index (χ1n) is 6.64. The quantitative estimate of drug-likeness (QED) is 0.652. The normalized spacial score (nSPS) is 22.5. The molecular weight excluding hydrogens is 224 g/mol. The summed E-state index contributed by atoms with van der Waals surface area (Å²) in [6, 6.07) is 10.1. The standard InChI is InChI=1S/C16H20O2/c17-16-11-6-10-15(16)9-4-5-12-18-13-14-7-2-1-3-8-14/h1-3,7-8,15-17H,5-6,10-13H2/t15-,16+/m1/s1. The molecule has 1 fully saturated rings. The van der Waals surface area contributed by atoms with Crippen LogP contribution in [0.4, 0.5) is 0 Å². The van der Waals surface area contributed by atoms with E-state index < -0.39 is 0 Å². The average molecular weight is 244 g/mol. The number of aliphatic hydroxyl groups excluding tert-OH is 1. The molecule has 18 heavy (non-hydrogen) atoms. The van der Waals surface area contributed by atoms with E-state index in [-0.39, 0.29) is 12.0 Å². The van der Waals surface area contributed by atoms with Crippen LogP contribution in [0, 0.1) is 17.8 Å². The van der Waals surface area contributed by atoms with Crippen LogP contribution in [-0.2, 0) is 11.3 Å². The lowest BCUT2D eigenvalue weighted by Crippen LogP contribution is -2.10. The molecule has 2 atom stereocenters. The lowest BCUT2D eigenvalue weighted by Gasteiger charge is -2.05. The second-order valence-corrected chi connectivity index (χ2v) is 4.71. The number of ether oxygens (including phenoxy) is 1. The van der Waals surface area contributed by atoms with E-state index in [0.29, 0.717) is 13.2 Å². The molecule has 1 N–H and O–H groups in total. The third-order valence-electron chi connectivity index (χ3n) is 3.25. The van der Waals surface area contributed by atoms with Gasteiger partial charge >= 0.3 is 0 Å². The van der Waals surface area contributed by atoms with Crippen molar-refractivity contribution in [3.8, 4) is 11.8 Å². The van der Waals surface area contributed by atoms with Crippen molar-refractivity contribution < 1.29 is 9.84 Å². The SMILES string of the molecule is O[C@H]1CCC[C@H]1C#CCCOCc1ccccc1. The molecule has 0 heterocycles. The molecule has 1 aliphatic carbocycles. The zero-order valence-electron chi connectivity index (χ0n) is 10.6. The van der Waals surface area contributed by atoms with Crippen LogP contribution < -0.4 is 0 Å². The van der Waals surface area contributed by atoms with Crippen LogP contribution in [0.2, 0.25) is 0 Å². The molecule has 0 bridgehead atoms. The Balaban J connectivity index is 1.60. The Kier molecular flexibility index (Phi) is 5.26. The Labute approximate surface area is 109 Å². The summed E-state index contributed by atoms with van der Waals surface area (Å²) in [5.74, 6) is 6.45. The van der Waals surface area contributed by atoms with Crippen molar-refractivity contribution in [2.45, 2.75) is 38.4 Å². The maximum absolute atomic E-state index is 9.61. The summed E-state index contributed by atoms with van der Waals surface area (Å²) in [6.07, 6.45) is 3.59. The van der Waals surface area contributed by atoms with Gasteiger partial charge in [0.05, 0.1) is 19.3 Å². The van der Waals surface area contributed by atoms with Gasteiger partial charge in [0.15, 0.2) is 0 Å². The van der Waals surface area contributed by atoms with E-state index in [1.54, 1.807) is 0 Å². The molecular formula is C16H20O2. The molecule has 1 saturated carbocycles. The summed E-state index contributed by atoms with van der Waals surface area (Å²) in [4.78, 5) is 0. The molecule has 0 radical (unpaired) electrons. The van der Waals surface area contributed by atoms with Crippen LogP contribution in [-0.4, -0.2) is 17.8 Å². The first-order chi connectivity index (χ1) is 8.86. The van der Waals surface area contributed by atoms with E-state index in [4.69, 9.17) is 4.74 Å². The van der Waals surface area contributed by atoms with Gasteiger partial charge in [-0.05, 0) is 24.8 Å². The highest BCUT2D eigenvalue weighted by Crippen LogP contribution is 2.24. The second-order valence-electron chi connectivity index (χ2n) is 4.71. The van der Waals surface area contributed by atoms with Gasteiger partial charge in [0, 0.05) is 12.3 Å². The molecule has 0 aromatic heterocycles. The van der Waals surface area contributed by atoms with Crippen molar-refractivity contribution >= 4 is 0 Å². The van der Waals surface area contributed by atoms with Crippen LogP contribution in [0.5, 0.6) is 0 Å². The number of hydrogen-bond acceptors (Lipinski definition) is 2. The van der Waals surface area contributed by atoms with Crippen LogP contribution in [0.15, 0.2) is 30.3 Å². The predicted molar refractivity (Wildman–Crippen MR) is 71.8 cm³/mol. The topological polar surface area (TPSA) is 29.5 Å². The molecule has 0 spiro atoms. The molecule has 2 nitrogen and oxygen atoms in total. The minimum Gasteiger partial charge on any atom is -0.392 e. The summed E-state index contributed by atoms with van der Waals surface area (Å²) >= 11 is 0. The smallest absolute Gasteiger partial charge is 0.0717 e. The molecule has 0 amide bonds. The van der Waals surface area contributed by atoms with E-state index in [1.165, 1.54) is 5.56 Å². The van der Waals surface area contributed by atoms with Crippen LogP contribution in [0.25, 0.3) is 0 Å². The third kappa shape index (κ3) is 4.18. The average Bonchev–Trinajstić information content (AvgIpc) is 2.81. The summed E-state index contributed by atoms with van der Waals surface area (Å²) in [5, 5.41) is 9.61. The maximum Gasteiger partial charge on any atom is 0.0717 e. The molecule has 0 unspecified atom stereocenters. The van der Waals surface area contributed by atoms with Crippen molar-refractivity contribution in [1.29, 1.82) is 0 Å². The Morgan fingerprint density at radius 2 is 2.06 bits per heavy atom. The molecule has 1 aromatic rings. The van der Waals surface area contributed by atoms with Crippen molar-refractivity contribution in [3.63, 3.8) is 0 Å². The van der Waals surface area contributed by atoms with Crippen molar-refractivity contribution in [2.24, 2.45) is 5.92 Å². The summed E-state index contributed by atoms with van der Waals surface area (Å²) in [5.41, 5.74) is 1.19. The Bertz CT molecular complexity index is 402. The molecule has 0 saturated heterocycles. The Morgan fingerprint density at radius 1 is 1.22 bits per heavy atom. The monoisotopic (exact) mass is 244 g/mol. The summed E-state index contributed by atoms with van der Waals surface area (Å²) in [6.45, 7) is 1.30. The minimum absolute atomic E-state index is 0.194. The molecule has 96 valence electrons. The fraction of sp³-hybridized carbons (Fsp3) is 0.500. The van der Waals surface area contributed by atoms with Crippen LogP contribution in [0.1, 0.15) is 31.2 Å². The summed E-state index contributed by atoms with van der Waals surface area (Å²) < 4.78 is 5.55. The van der Waals surface area contributed by atoms with E-state index in [0.717, 1.165) is 25.7 Å². The summed E-state index contributed by atoms with van der Waals surface area (Å²) in [7, 11) is 0. The first-order valence-corrected chi connectivity index (χ1v) is 6.64. The maximum atomic E-state index is 9.61.